The van der Waals surface area contributed by atoms with Gasteiger partial charge in [0.2, 0.25) is 16.0 Å². The van der Waals surface area contributed by atoms with E-state index >= 15 is 0 Å². The third-order valence-corrected chi connectivity index (χ3v) is 7.41. The van der Waals surface area contributed by atoms with Crippen molar-refractivity contribution in [3.63, 3.8) is 0 Å². The molecule has 1 fully saturated rings. The van der Waals surface area contributed by atoms with Crippen LogP contribution in [0.5, 0.6) is 0 Å². The first-order chi connectivity index (χ1) is 13.9. The SMILES string of the molecule is CCS(=O)(=O)N(C)C1CCN(c2nc3c(cnn3-c3ccccc3)c(=O)[nH]2)CC1. The molecule has 0 spiro atoms. The fourth-order valence-corrected chi connectivity index (χ4v) is 4.76. The zero-order chi connectivity index (χ0) is 20.6. The standard InChI is InChI=1S/C19H24N6O3S/c1-3-29(27,28)23(2)14-9-11-24(12-10-14)19-21-17-16(18(26)22-19)13-20-25(17)15-7-5-4-6-8-15/h4-8,13-14H,3,9-12H2,1-2H3,(H,21,22,26). The van der Waals surface area contributed by atoms with Crippen molar-refractivity contribution < 1.29 is 8.42 Å². The summed E-state index contributed by atoms with van der Waals surface area (Å²) in [5, 5.41) is 4.76. The third kappa shape index (κ3) is 3.65. The lowest BCUT2D eigenvalue weighted by atomic mass is 10.1. The van der Waals surface area contributed by atoms with Gasteiger partial charge in [0.1, 0.15) is 5.39 Å². The van der Waals surface area contributed by atoms with Crippen LogP contribution in [-0.2, 0) is 10.0 Å². The first kappa shape index (κ1) is 19.6. The van der Waals surface area contributed by atoms with Gasteiger partial charge in [-0.1, -0.05) is 18.2 Å². The van der Waals surface area contributed by atoms with Crippen LogP contribution in [0.3, 0.4) is 0 Å². The van der Waals surface area contributed by atoms with Crippen LogP contribution in [0.2, 0.25) is 0 Å². The molecule has 0 radical (unpaired) electrons. The maximum atomic E-state index is 12.6. The van der Waals surface area contributed by atoms with E-state index in [-0.39, 0.29) is 17.4 Å². The molecule has 0 unspecified atom stereocenters. The number of hydrogen-bond donors (Lipinski definition) is 1. The number of para-hydroxylation sites is 1. The topological polar surface area (TPSA) is 104 Å². The Labute approximate surface area is 169 Å². The molecule has 154 valence electrons. The molecule has 1 saturated heterocycles. The van der Waals surface area contributed by atoms with E-state index in [1.54, 1.807) is 18.7 Å². The molecule has 0 aliphatic carbocycles. The molecule has 10 heteroatoms. The summed E-state index contributed by atoms with van der Waals surface area (Å²) in [6.07, 6.45) is 2.87. The lowest BCUT2D eigenvalue weighted by Crippen LogP contribution is -2.46. The van der Waals surface area contributed by atoms with Crippen LogP contribution in [0.4, 0.5) is 5.95 Å². The molecule has 0 saturated carbocycles. The first-order valence-electron chi connectivity index (χ1n) is 9.65. The molecule has 9 nitrogen and oxygen atoms in total. The minimum absolute atomic E-state index is 0.0403. The molecule has 1 aromatic carbocycles. The second-order valence-corrected chi connectivity index (χ2v) is 9.47. The normalized spacial score (nSPS) is 16.0. The summed E-state index contributed by atoms with van der Waals surface area (Å²) in [6.45, 7) is 2.88. The van der Waals surface area contributed by atoms with Crippen molar-refractivity contribution in [2.75, 3.05) is 30.8 Å². The minimum atomic E-state index is -3.21. The van der Waals surface area contributed by atoms with Gasteiger partial charge < -0.3 is 4.90 Å². The molecule has 3 heterocycles. The Hall–Kier alpha value is -2.72. The van der Waals surface area contributed by atoms with E-state index < -0.39 is 10.0 Å². The van der Waals surface area contributed by atoms with Gasteiger partial charge in [-0.05, 0) is 31.9 Å². The lowest BCUT2D eigenvalue weighted by molar-refractivity contribution is 0.311. The van der Waals surface area contributed by atoms with Crippen LogP contribution in [0.1, 0.15) is 19.8 Å². The largest absolute Gasteiger partial charge is 0.342 e. The van der Waals surface area contributed by atoms with Gasteiger partial charge in [-0.3, -0.25) is 9.78 Å². The Morgan fingerprint density at radius 3 is 2.55 bits per heavy atom. The number of anilines is 1. The monoisotopic (exact) mass is 416 g/mol. The zero-order valence-electron chi connectivity index (χ0n) is 16.4. The van der Waals surface area contributed by atoms with E-state index in [9.17, 15) is 13.2 Å². The predicted octanol–water partition coefficient (Wildman–Crippen LogP) is 1.36. The van der Waals surface area contributed by atoms with E-state index in [0.29, 0.717) is 42.9 Å². The van der Waals surface area contributed by atoms with Crippen LogP contribution >= 0.6 is 0 Å². The smallest absolute Gasteiger partial charge is 0.263 e. The summed E-state index contributed by atoms with van der Waals surface area (Å²) in [4.78, 5) is 22.1. The number of H-pyrrole nitrogens is 1. The van der Waals surface area contributed by atoms with Gasteiger partial charge in [-0.25, -0.2) is 17.4 Å². The number of piperidine rings is 1. The van der Waals surface area contributed by atoms with Crippen LogP contribution in [0.25, 0.3) is 16.7 Å². The average Bonchev–Trinajstić information content (AvgIpc) is 3.18. The maximum Gasteiger partial charge on any atom is 0.263 e. The van der Waals surface area contributed by atoms with Crippen molar-refractivity contribution in [1.29, 1.82) is 0 Å². The first-order valence-corrected chi connectivity index (χ1v) is 11.3. The molecule has 3 aromatic rings. The van der Waals surface area contributed by atoms with Crippen LogP contribution in [0, 0.1) is 0 Å². The molecule has 0 bridgehead atoms. The van der Waals surface area contributed by atoms with E-state index in [1.807, 2.05) is 35.2 Å². The summed E-state index contributed by atoms with van der Waals surface area (Å²) in [6, 6.07) is 9.50. The fourth-order valence-electron chi connectivity index (χ4n) is 3.69. The summed E-state index contributed by atoms with van der Waals surface area (Å²) >= 11 is 0. The zero-order valence-corrected chi connectivity index (χ0v) is 17.3. The fraction of sp³-hybridized carbons (Fsp3) is 0.421. The quantitative estimate of drug-likeness (QED) is 0.673. The Kier molecular flexibility index (Phi) is 5.13. The molecule has 29 heavy (non-hydrogen) atoms. The summed E-state index contributed by atoms with van der Waals surface area (Å²) in [5.41, 5.74) is 1.10. The molecule has 0 atom stereocenters. The Balaban J connectivity index is 1.60. The molecule has 1 aliphatic heterocycles. The number of sulfonamides is 1. The predicted molar refractivity (Wildman–Crippen MR) is 112 cm³/mol. The van der Waals surface area contributed by atoms with Gasteiger partial charge in [0.15, 0.2) is 5.65 Å². The number of fused-ring (bicyclic) bond motifs is 1. The highest BCUT2D eigenvalue weighted by molar-refractivity contribution is 7.89. The van der Waals surface area contributed by atoms with Crippen molar-refractivity contribution in [2.45, 2.75) is 25.8 Å². The molecule has 1 N–H and O–H groups in total. The van der Waals surface area contributed by atoms with Crippen molar-refractivity contribution in [1.82, 2.24) is 24.1 Å². The van der Waals surface area contributed by atoms with Crippen molar-refractivity contribution in [3.05, 3.63) is 46.9 Å². The summed E-state index contributed by atoms with van der Waals surface area (Å²) in [7, 11) is -1.57. The number of nitrogens with one attached hydrogen (secondary N) is 1. The molecule has 4 rings (SSSR count). The van der Waals surface area contributed by atoms with Crippen molar-refractivity contribution >= 4 is 27.0 Å². The third-order valence-electron chi connectivity index (χ3n) is 5.51. The van der Waals surface area contributed by atoms with Crippen LogP contribution < -0.4 is 10.5 Å². The van der Waals surface area contributed by atoms with Gasteiger partial charge >= 0.3 is 0 Å². The number of hydrogen-bond acceptors (Lipinski definition) is 6. The van der Waals surface area contributed by atoms with Crippen LogP contribution in [0.15, 0.2) is 41.3 Å². The summed E-state index contributed by atoms with van der Waals surface area (Å²) < 4.78 is 27.4. The molecule has 0 amide bonds. The second-order valence-electron chi connectivity index (χ2n) is 7.15. The number of rotatable bonds is 5. The second kappa shape index (κ2) is 7.60. The molecule has 1 aliphatic rings. The van der Waals surface area contributed by atoms with Crippen molar-refractivity contribution in [2.24, 2.45) is 0 Å². The minimum Gasteiger partial charge on any atom is -0.342 e. The van der Waals surface area contributed by atoms with Gasteiger partial charge in [-0.2, -0.15) is 10.1 Å². The summed E-state index contributed by atoms with van der Waals surface area (Å²) in [5.74, 6) is 0.582. The highest BCUT2D eigenvalue weighted by Gasteiger charge is 2.29. The number of nitrogens with zero attached hydrogens (tertiary/aromatic N) is 5. The lowest BCUT2D eigenvalue weighted by Gasteiger charge is -2.36. The molecular formula is C19H24N6O3S. The van der Waals surface area contributed by atoms with Gasteiger partial charge in [0, 0.05) is 26.2 Å². The van der Waals surface area contributed by atoms with E-state index in [2.05, 4.69) is 15.1 Å². The van der Waals surface area contributed by atoms with Crippen molar-refractivity contribution in [3.8, 4) is 5.69 Å². The highest BCUT2D eigenvalue weighted by atomic mass is 32.2. The van der Waals surface area contributed by atoms with Gasteiger partial charge in [-0.15, -0.1) is 0 Å². The highest BCUT2D eigenvalue weighted by Crippen LogP contribution is 2.22. The number of aromatic amines is 1. The van der Waals surface area contributed by atoms with E-state index in [4.69, 9.17) is 0 Å². The Bertz CT molecular complexity index is 1160. The molecular weight excluding hydrogens is 392 g/mol. The number of aromatic nitrogens is 4. The van der Waals surface area contributed by atoms with Gasteiger partial charge in [0.25, 0.3) is 5.56 Å². The average molecular weight is 417 g/mol. The maximum absolute atomic E-state index is 12.6. The number of benzene rings is 1. The van der Waals surface area contributed by atoms with E-state index in [0.717, 1.165) is 5.69 Å². The van der Waals surface area contributed by atoms with Gasteiger partial charge in [0.05, 0.1) is 17.6 Å². The van der Waals surface area contributed by atoms with E-state index in [1.165, 1.54) is 10.5 Å². The Morgan fingerprint density at radius 1 is 1.21 bits per heavy atom. The molecule has 2 aromatic heterocycles. The Morgan fingerprint density at radius 2 is 1.90 bits per heavy atom. The van der Waals surface area contributed by atoms with Crippen LogP contribution in [-0.4, -0.2) is 64.4 Å².